The summed E-state index contributed by atoms with van der Waals surface area (Å²) in [7, 11) is 0. The van der Waals surface area contributed by atoms with Crippen LogP contribution in [0.15, 0.2) is 0 Å². The average Bonchev–Trinajstić information content (AvgIpc) is 3.11. The predicted molar refractivity (Wildman–Crippen MR) is 117 cm³/mol. The van der Waals surface area contributed by atoms with Gasteiger partial charge in [0.2, 0.25) is 0 Å². The molecular weight excluding hydrogens is 356 g/mol. The molecule has 5 aliphatic rings. The van der Waals surface area contributed by atoms with Gasteiger partial charge in [-0.05, 0) is 116 Å². The van der Waals surface area contributed by atoms with Crippen LogP contribution in [0.2, 0.25) is 0 Å². The third-order valence-corrected chi connectivity index (χ3v) is 12.8. The lowest BCUT2D eigenvalue weighted by molar-refractivity contribution is -0.230. The fourth-order valence-corrected chi connectivity index (χ4v) is 10.8. The molecule has 2 heteroatoms. The van der Waals surface area contributed by atoms with Crippen LogP contribution in [0.1, 0.15) is 105 Å². The van der Waals surface area contributed by atoms with E-state index in [-0.39, 0.29) is 5.41 Å². The minimum absolute atomic E-state index is 0.337. The van der Waals surface area contributed by atoms with Crippen LogP contribution in [0.5, 0.6) is 0 Å². The van der Waals surface area contributed by atoms with Crippen molar-refractivity contribution in [1.29, 1.82) is 0 Å². The Labute approximate surface area is 178 Å². The van der Waals surface area contributed by atoms with E-state index < -0.39 is 5.97 Å². The quantitative estimate of drug-likeness (QED) is 0.506. The fourth-order valence-electron chi connectivity index (χ4n) is 10.8. The Morgan fingerprint density at radius 1 is 0.759 bits per heavy atom. The molecule has 0 aromatic rings. The summed E-state index contributed by atoms with van der Waals surface area (Å²) in [5.41, 5.74) is 0.853. The van der Waals surface area contributed by atoms with Gasteiger partial charge >= 0.3 is 5.97 Å². The molecule has 0 radical (unpaired) electrons. The zero-order valence-electron chi connectivity index (χ0n) is 19.6. The number of carboxylic acids is 1. The first-order valence-electron chi connectivity index (χ1n) is 12.8. The van der Waals surface area contributed by atoms with Gasteiger partial charge in [0.05, 0.1) is 5.41 Å². The van der Waals surface area contributed by atoms with E-state index in [0.717, 1.165) is 49.4 Å². The van der Waals surface area contributed by atoms with Crippen LogP contribution in [0.3, 0.4) is 0 Å². The molecule has 0 saturated heterocycles. The summed E-state index contributed by atoms with van der Waals surface area (Å²) in [5.74, 6) is 4.09. The van der Waals surface area contributed by atoms with E-state index in [0.29, 0.717) is 28.1 Å². The highest BCUT2D eigenvalue weighted by atomic mass is 16.4. The van der Waals surface area contributed by atoms with Crippen molar-refractivity contribution in [2.24, 2.45) is 57.2 Å². The van der Waals surface area contributed by atoms with E-state index in [1.807, 2.05) is 0 Å². The zero-order valence-corrected chi connectivity index (χ0v) is 19.6. The standard InChI is InChI=1S/C27H44O2/c1-17-10-13-24(3)19(18(17)2)11-14-26(5)22(24)9-8-20-21-7-6-12-27(21,23(28)29)16-15-25(20,26)4/h17-22H,6-16H2,1-5H3,(H,28,29)/t17?,18-,19?,20?,21?,22?,24-,25+,26+,27?/m0/s1. The van der Waals surface area contributed by atoms with E-state index in [4.69, 9.17) is 0 Å². The first-order valence-corrected chi connectivity index (χ1v) is 12.8. The summed E-state index contributed by atoms with van der Waals surface area (Å²) >= 11 is 0. The van der Waals surface area contributed by atoms with Gasteiger partial charge in [-0.3, -0.25) is 4.79 Å². The monoisotopic (exact) mass is 400 g/mol. The Kier molecular flexibility index (Phi) is 4.40. The minimum Gasteiger partial charge on any atom is -0.481 e. The Morgan fingerprint density at radius 2 is 1.52 bits per heavy atom. The largest absolute Gasteiger partial charge is 0.481 e. The lowest BCUT2D eigenvalue weighted by Crippen LogP contribution is -2.65. The lowest BCUT2D eigenvalue weighted by atomic mass is 9.33. The summed E-state index contributed by atoms with van der Waals surface area (Å²) in [4.78, 5) is 12.4. The molecular formula is C27H44O2. The number of hydrogen-bond acceptors (Lipinski definition) is 1. The van der Waals surface area contributed by atoms with E-state index in [1.165, 1.54) is 44.9 Å². The molecule has 0 amide bonds. The van der Waals surface area contributed by atoms with E-state index in [2.05, 4.69) is 34.6 Å². The summed E-state index contributed by atoms with van der Waals surface area (Å²) < 4.78 is 0. The van der Waals surface area contributed by atoms with Crippen LogP contribution in [-0.4, -0.2) is 11.1 Å². The number of aliphatic carboxylic acids is 1. The summed E-state index contributed by atoms with van der Waals surface area (Å²) in [6.45, 7) is 13.0. The van der Waals surface area contributed by atoms with Crippen molar-refractivity contribution in [3.05, 3.63) is 0 Å². The molecule has 29 heavy (non-hydrogen) atoms. The minimum atomic E-state index is -0.472. The SMILES string of the molecule is CC1CC[C@@]2(C)C(CC[C@]3(C)C2CCC2C4CCCC4(C(=O)O)CC[C@]23C)[C@H]1C. The maximum Gasteiger partial charge on any atom is 0.309 e. The van der Waals surface area contributed by atoms with Gasteiger partial charge < -0.3 is 5.11 Å². The Balaban J connectivity index is 1.52. The third kappa shape index (κ3) is 2.33. The summed E-state index contributed by atoms with van der Waals surface area (Å²) in [5, 5.41) is 10.2. The maximum absolute atomic E-state index is 12.4. The van der Waals surface area contributed by atoms with Crippen molar-refractivity contribution in [3.63, 3.8) is 0 Å². The molecule has 6 unspecified atom stereocenters. The molecule has 0 aromatic carbocycles. The Hall–Kier alpha value is -0.530. The molecule has 0 aromatic heterocycles. The smallest absolute Gasteiger partial charge is 0.309 e. The molecule has 164 valence electrons. The highest BCUT2D eigenvalue weighted by molar-refractivity contribution is 5.76. The Morgan fingerprint density at radius 3 is 2.24 bits per heavy atom. The molecule has 5 aliphatic carbocycles. The zero-order chi connectivity index (χ0) is 20.8. The van der Waals surface area contributed by atoms with Crippen LogP contribution in [0.4, 0.5) is 0 Å². The molecule has 10 atom stereocenters. The van der Waals surface area contributed by atoms with Crippen LogP contribution < -0.4 is 0 Å². The number of hydrogen-bond donors (Lipinski definition) is 1. The van der Waals surface area contributed by atoms with Crippen LogP contribution >= 0.6 is 0 Å². The molecule has 1 N–H and O–H groups in total. The van der Waals surface area contributed by atoms with Crippen molar-refractivity contribution >= 4 is 5.97 Å². The van der Waals surface area contributed by atoms with E-state index in [9.17, 15) is 9.90 Å². The van der Waals surface area contributed by atoms with E-state index >= 15 is 0 Å². The maximum atomic E-state index is 12.4. The van der Waals surface area contributed by atoms with Gasteiger partial charge in [-0.15, -0.1) is 0 Å². The van der Waals surface area contributed by atoms with Gasteiger partial charge in [0.25, 0.3) is 0 Å². The summed E-state index contributed by atoms with van der Waals surface area (Å²) in [6.07, 6.45) is 13.6. The van der Waals surface area contributed by atoms with Crippen molar-refractivity contribution in [2.45, 2.75) is 105 Å². The summed E-state index contributed by atoms with van der Waals surface area (Å²) in [6, 6.07) is 0. The van der Waals surface area contributed by atoms with Gasteiger partial charge in [-0.1, -0.05) is 41.0 Å². The number of carboxylic acid groups (broad SMARTS) is 1. The first-order chi connectivity index (χ1) is 13.6. The number of rotatable bonds is 1. The van der Waals surface area contributed by atoms with Gasteiger partial charge in [0.1, 0.15) is 0 Å². The number of fused-ring (bicyclic) bond motifs is 7. The second kappa shape index (κ2) is 6.26. The topological polar surface area (TPSA) is 37.3 Å². The van der Waals surface area contributed by atoms with Gasteiger partial charge in [0.15, 0.2) is 0 Å². The van der Waals surface area contributed by atoms with Crippen LogP contribution in [-0.2, 0) is 4.79 Å². The molecule has 5 saturated carbocycles. The van der Waals surface area contributed by atoms with Crippen molar-refractivity contribution in [3.8, 4) is 0 Å². The molecule has 0 aliphatic heterocycles. The normalized spacial score (nSPS) is 59.2. The molecule has 5 rings (SSSR count). The molecule has 2 nitrogen and oxygen atoms in total. The molecule has 0 spiro atoms. The van der Waals surface area contributed by atoms with Gasteiger partial charge in [-0.25, -0.2) is 0 Å². The van der Waals surface area contributed by atoms with Crippen molar-refractivity contribution in [2.75, 3.05) is 0 Å². The second-order valence-electron chi connectivity index (χ2n) is 13.1. The van der Waals surface area contributed by atoms with Crippen molar-refractivity contribution in [1.82, 2.24) is 0 Å². The third-order valence-electron chi connectivity index (χ3n) is 12.8. The van der Waals surface area contributed by atoms with Crippen LogP contribution in [0, 0.1) is 57.2 Å². The molecule has 5 fully saturated rings. The first kappa shape index (κ1) is 20.4. The van der Waals surface area contributed by atoms with Gasteiger partial charge in [-0.2, -0.15) is 0 Å². The molecule has 0 heterocycles. The van der Waals surface area contributed by atoms with E-state index in [1.54, 1.807) is 0 Å². The van der Waals surface area contributed by atoms with Gasteiger partial charge in [0, 0.05) is 0 Å². The highest BCUT2D eigenvalue weighted by Crippen LogP contribution is 2.76. The highest BCUT2D eigenvalue weighted by Gasteiger charge is 2.69. The second-order valence-corrected chi connectivity index (χ2v) is 13.1. The predicted octanol–water partition coefficient (Wildman–Crippen LogP) is 7.17. The fraction of sp³-hybridized carbons (Fsp3) is 0.963. The molecule has 0 bridgehead atoms. The lowest BCUT2D eigenvalue weighted by Gasteiger charge is -2.71. The average molecular weight is 401 g/mol. The number of carbonyl (C=O) groups is 1. The Bertz CT molecular complexity index is 701. The van der Waals surface area contributed by atoms with Crippen LogP contribution in [0.25, 0.3) is 0 Å². The van der Waals surface area contributed by atoms with Crippen molar-refractivity contribution < 1.29 is 9.90 Å².